The maximum Gasteiger partial charge on any atom is 0.221 e. The monoisotopic (exact) mass is 336 g/mol. The smallest absolute Gasteiger partial charge is 0.221 e. The predicted molar refractivity (Wildman–Crippen MR) is 88.1 cm³/mol. The average molecular weight is 337 g/mol. The summed E-state index contributed by atoms with van der Waals surface area (Å²) >= 11 is 5.48. The van der Waals surface area contributed by atoms with Crippen LogP contribution in [-0.2, 0) is 4.79 Å². The van der Waals surface area contributed by atoms with Gasteiger partial charge >= 0.3 is 0 Å². The first-order chi connectivity index (χ1) is 11.0. The molecule has 2 aliphatic heterocycles. The second-order valence-electron chi connectivity index (χ2n) is 6.05. The van der Waals surface area contributed by atoms with Gasteiger partial charge in [0.2, 0.25) is 5.24 Å². The van der Waals surface area contributed by atoms with Crippen LogP contribution >= 0.6 is 11.6 Å². The van der Waals surface area contributed by atoms with Crippen molar-refractivity contribution in [1.82, 2.24) is 25.1 Å². The van der Waals surface area contributed by atoms with Crippen LogP contribution in [-0.4, -0.2) is 48.8 Å². The Labute approximate surface area is 140 Å². The van der Waals surface area contributed by atoms with E-state index in [1.54, 1.807) is 4.68 Å². The number of hydrogen-bond acceptors (Lipinski definition) is 6. The Balaban J connectivity index is 1.92. The Morgan fingerprint density at radius 1 is 1.35 bits per heavy atom. The fourth-order valence-corrected chi connectivity index (χ4v) is 3.53. The average Bonchev–Trinajstić information content (AvgIpc) is 3.10. The van der Waals surface area contributed by atoms with Crippen LogP contribution in [0.15, 0.2) is 10.6 Å². The maximum absolute atomic E-state index is 11.0. The van der Waals surface area contributed by atoms with Crippen LogP contribution in [0, 0.1) is 0 Å². The molecule has 124 valence electrons. The topological polar surface area (TPSA) is 76.3 Å². The van der Waals surface area contributed by atoms with Crippen LogP contribution in [0.2, 0.25) is 0 Å². The highest BCUT2D eigenvalue weighted by Crippen LogP contribution is 2.40. The molecule has 0 aromatic carbocycles. The van der Waals surface area contributed by atoms with Gasteiger partial charge in [-0.15, -0.1) is 5.10 Å². The van der Waals surface area contributed by atoms with Crippen molar-refractivity contribution in [3.63, 3.8) is 0 Å². The highest BCUT2D eigenvalue weighted by atomic mass is 35.5. The first-order valence-electron chi connectivity index (χ1n) is 8.02. The molecule has 2 atom stereocenters. The summed E-state index contributed by atoms with van der Waals surface area (Å²) in [5, 5.41) is 11.8. The SMILES string of the molecule is CCCC1=NC2c3nnnn3C(C)=C(C)C2N1CCCC(=O)Cl. The third-order valence-electron chi connectivity index (χ3n) is 4.59. The molecule has 8 heteroatoms. The number of carbonyl (C=O) groups is 1. The van der Waals surface area contributed by atoms with Gasteiger partial charge in [0.05, 0.1) is 6.04 Å². The molecule has 1 aromatic heterocycles. The Morgan fingerprint density at radius 3 is 2.83 bits per heavy atom. The molecule has 2 unspecified atom stereocenters. The Kier molecular flexibility index (Phi) is 4.48. The van der Waals surface area contributed by atoms with E-state index in [1.165, 1.54) is 5.57 Å². The summed E-state index contributed by atoms with van der Waals surface area (Å²) in [6.45, 7) is 7.05. The standard InChI is InChI=1S/C15H21ClN6O/c1-4-6-12-17-13-14(21(12)8-5-7-11(16)23)9(2)10(3)22-15(13)18-19-20-22/h13-14H,4-8H2,1-3H3. The molecule has 0 fully saturated rings. The number of nitrogens with zero attached hydrogens (tertiary/aromatic N) is 6. The number of tetrazole rings is 1. The van der Waals surface area contributed by atoms with Crippen molar-refractivity contribution < 1.29 is 4.79 Å². The Morgan fingerprint density at radius 2 is 2.13 bits per heavy atom. The Hall–Kier alpha value is -1.76. The summed E-state index contributed by atoms with van der Waals surface area (Å²) < 4.78 is 1.79. The minimum atomic E-state index is -0.286. The molecule has 0 radical (unpaired) electrons. The second-order valence-corrected chi connectivity index (χ2v) is 6.48. The van der Waals surface area contributed by atoms with Gasteiger partial charge in [0.1, 0.15) is 11.9 Å². The van der Waals surface area contributed by atoms with E-state index in [1.807, 2.05) is 6.92 Å². The molecule has 3 rings (SSSR count). The van der Waals surface area contributed by atoms with Crippen molar-refractivity contribution in [2.24, 2.45) is 4.99 Å². The molecule has 1 aromatic rings. The summed E-state index contributed by atoms with van der Waals surface area (Å²) in [4.78, 5) is 18.2. The van der Waals surface area contributed by atoms with Gasteiger partial charge in [0.15, 0.2) is 5.82 Å². The van der Waals surface area contributed by atoms with E-state index >= 15 is 0 Å². The Bertz CT molecular complexity index is 679. The van der Waals surface area contributed by atoms with Crippen molar-refractivity contribution in [1.29, 1.82) is 0 Å². The summed E-state index contributed by atoms with van der Waals surface area (Å²) in [5.41, 5.74) is 2.28. The maximum atomic E-state index is 11.0. The number of allylic oxidation sites excluding steroid dienone is 1. The van der Waals surface area contributed by atoms with E-state index in [0.717, 1.165) is 43.2 Å². The van der Waals surface area contributed by atoms with Gasteiger partial charge in [-0.1, -0.05) is 6.92 Å². The summed E-state index contributed by atoms with van der Waals surface area (Å²) in [5.74, 6) is 1.87. The highest BCUT2D eigenvalue weighted by Gasteiger charge is 2.43. The third kappa shape index (κ3) is 2.78. The molecule has 0 aliphatic carbocycles. The van der Waals surface area contributed by atoms with E-state index in [4.69, 9.17) is 16.6 Å². The van der Waals surface area contributed by atoms with Crippen LogP contribution in [0.25, 0.3) is 5.70 Å². The van der Waals surface area contributed by atoms with Crippen LogP contribution in [0.3, 0.4) is 0 Å². The first kappa shape index (κ1) is 16.1. The van der Waals surface area contributed by atoms with Crippen LogP contribution in [0.5, 0.6) is 0 Å². The van der Waals surface area contributed by atoms with E-state index in [-0.39, 0.29) is 17.3 Å². The summed E-state index contributed by atoms with van der Waals surface area (Å²) in [6, 6.07) is 0.0717. The minimum Gasteiger partial charge on any atom is -0.351 e. The summed E-state index contributed by atoms with van der Waals surface area (Å²) in [7, 11) is 0. The molecule has 0 spiro atoms. The molecule has 2 aliphatic rings. The van der Waals surface area contributed by atoms with Crippen molar-refractivity contribution in [2.45, 2.75) is 58.5 Å². The normalized spacial score (nSPS) is 23.0. The molecule has 3 heterocycles. The molecule has 0 bridgehead atoms. The molecular weight excluding hydrogens is 316 g/mol. The van der Waals surface area contributed by atoms with Crippen molar-refractivity contribution >= 4 is 28.4 Å². The largest absolute Gasteiger partial charge is 0.351 e. The van der Waals surface area contributed by atoms with Crippen molar-refractivity contribution in [3.05, 3.63) is 11.4 Å². The number of aromatic nitrogens is 4. The lowest BCUT2D eigenvalue weighted by Crippen LogP contribution is -2.41. The van der Waals surface area contributed by atoms with Gasteiger partial charge in [0, 0.05) is 25.1 Å². The van der Waals surface area contributed by atoms with Gasteiger partial charge in [-0.2, -0.15) is 4.68 Å². The zero-order chi connectivity index (χ0) is 16.6. The molecule has 0 saturated carbocycles. The van der Waals surface area contributed by atoms with E-state index in [2.05, 4.69) is 34.3 Å². The van der Waals surface area contributed by atoms with Crippen molar-refractivity contribution in [2.75, 3.05) is 6.54 Å². The number of amidine groups is 1. The van der Waals surface area contributed by atoms with E-state index < -0.39 is 0 Å². The number of fused-ring (bicyclic) bond motifs is 3. The molecular formula is C15H21ClN6O. The number of aliphatic imine (C=N–C) groups is 1. The first-order valence-corrected chi connectivity index (χ1v) is 8.40. The number of carbonyl (C=O) groups excluding carboxylic acids is 1. The predicted octanol–water partition coefficient (Wildman–Crippen LogP) is 2.41. The van der Waals surface area contributed by atoms with Crippen molar-refractivity contribution in [3.8, 4) is 0 Å². The quantitative estimate of drug-likeness (QED) is 0.745. The number of rotatable bonds is 6. The molecule has 23 heavy (non-hydrogen) atoms. The molecule has 0 saturated heterocycles. The second kappa shape index (κ2) is 6.39. The summed E-state index contributed by atoms with van der Waals surface area (Å²) in [6.07, 6.45) is 3.05. The number of hydrogen-bond donors (Lipinski definition) is 0. The fraction of sp³-hybridized carbons (Fsp3) is 0.667. The lowest BCUT2D eigenvalue weighted by Gasteiger charge is -2.34. The fourth-order valence-electron chi connectivity index (χ4n) is 3.39. The third-order valence-corrected chi connectivity index (χ3v) is 4.78. The van der Waals surface area contributed by atoms with Gasteiger partial charge in [-0.05, 0) is 54.3 Å². The highest BCUT2D eigenvalue weighted by molar-refractivity contribution is 6.63. The molecule has 0 N–H and O–H groups in total. The lowest BCUT2D eigenvalue weighted by molar-refractivity contribution is -0.111. The zero-order valence-electron chi connectivity index (χ0n) is 13.7. The lowest BCUT2D eigenvalue weighted by atomic mass is 9.95. The van der Waals surface area contributed by atoms with Gasteiger partial charge in [0.25, 0.3) is 0 Å². The van der Waals surface area contributed by atoms with Crippen LogP contribution in [0.1, 0.15) is 58.3 Å². The number of halogens is 1. The van der Waals surface area contributed by atoms with E-state index in [9.17, 15) is 4.79 Å². The molecule has 7 nitrogen and oxygen atoms in total. The van der Waals surface area contributed by atoms with Crippen LogP contribution in [0.4, 0.5) is 0 Å². The van der Waals surface area contributed by atoms with Crippen LogP contribution < -0.4 is 0 Å². The molecule has 0 amide bonds. The minimum absolute atomic E-state index is 0.0676. The van der Waals surface area contributed by atoms with Gasteiger partial charge in [-0.3, -0.25) is 9.79 Å². The van der Waals surface area contributed by atoms with E-state index in [0.29, 0.717) is 6.42 Å². The van der Waals surface area contributed by atoms with Gasteiger partial charge in [-0.25, -0.2) is 0 Å². The van der Waals surface area contributed by atoms with Gasteiger partial charge < -0.3 is 4.90 Å². The zero-order valence-corrected chi connectivity index (χ0v) is 14.4.